The van der Waals surface area contributed by atoms with Crippen molar-refractivity contribution in [3.63, 3.8) is 0 Å². The molecular weight excluding hydrogens is 305 g/mol. The van der Waals surface area contributed by atoms with Crippen LogP contribution in [-0.2, 0) is 0 Å². The van der Waals surface area contributed by atoms with E-state index >= 15 is 0 Å². The number of hydrogen-bond donors (Lipinski definition) is 2. The van der Waals surface area contributed by atoms with E-state index in [-0.39, 0.29) is 21.4 Å². The average Bonchev–Trinajstić information content (AvgIpc) is 2.42. The number of carbonyl (C=O) groups is 2. The van der Waals surface area contributed by atoms with Gasteiger partial charge in [0.1, 0.15) is 0 Å². The predicted molar refractivity (Wildman–Crippen MR) is 73.4 cm³/mol. The molecule has 8 heteroatoms. The number of carboxylic acid groups (broad SMARTS) is 1. The highest BCUT2D eigenvalue weighted by molar-refractivity contribution is 6.34. The molecule has 20 heavy (non-hydrogen) atoms. The van der Waals surface area contributed by atoms with E-state index in [9.17, 15) is 9.59 Å². The predicted octanol–water partition coefficient (Wildman–Crippen LogP) is 2.73. The summed E-state index contributed by atoms with van der Waals surface area (Å²) >= 11 is 11.4. The second-order valence-corrected chi connectivity index (χ2v) is 4.45. The Morgan fingerprint density at radius 1 is 1.10 bits per heavy atom. The molecule has 0 fully saturated rings. The molecule has 1 amide bonds. The maximum Gasteiger partial charge on any atom is 0.335 e. The normalized spacial score (nSPS) is 10.1. The van der Waals surface area contributed by atoms with Crippen LogP contribution in [0.5, 0.6) is 0 Å². The van der Waals surface area contributed by atoms with Crippen molar-refractivity contribution < 1.29 is 14.7 Å². The fourth-order valence-corrected chi connectivity index (χ4v) is 1.73. The fraction of sp³-hybridized carbons (Fsp3) is 0. The quantitative estimate of drug-likeness (QED) is 0.909. The number of amides is 1. The fourth-order valence-electron chi connectivity index (χ4n) is 1.41. The Kier molecular flexibility index (Phi) is 4.16. The Morgan fingerprint density at radius 3 is 2.35 bits per heavy atom. The zero-order valence-electron chi connectivity index (χ0n) is 9.80. The van der Waals surface area contributed by atoms with Gasteiger partial charge in [-0.05, 0) is 30.3 Å². The van der Waals surface area contributed by atoms with E-state index < -0.39 is 11.9 Å². The number of nitrogens with one attached hydrogen (secondary N) is 1. The molecule has 6 nitrogen and oxygen atoms in total. The molecule has 2 N–H and O–H groups in total. The highest BCUT2D eigenvalue weighted by Crippen LogP contribution is 2.18. The summed E-state index contributed by atoms with van der Waals surface area (Å²) < 4.78 is 0. The summed E-state index contributed by atoms with van der Waals surface area (Å²) in [5, 5.41) is 18.3. The number of aromatic nitrogens is 2. The van der Waals surface area contributed by atoms with Crippen molar-refractivity contribution in [2.75, 3.05) is 5.32 Å². The van der Waals surface area contributed by atoms with Crippen LogP contribution in [0.2, 0.25) is 10.3 Å². The molecule has 0 bridgehead atoms. The van der Waals surface area contributed by atoms with Crippen molar-refractivity contribution in [2.24, 2.45) is 0 Å². The van der Waals surface area contributed by atoms with Crippen molar-refractivity contribution >= 4 is 40.8 Å². The molecule has 0 saturated heterocycles. The summed E-state index contributed by atoms with van der Waals surface area (Å²) in [5.74, 6) is -1.56. The monoisotopic (exact) mass is 311 g/mol. The summed E-state index contributed by atoms with van der Waals surface area (Å²) in [6.07, 6.45) is 0. The van der Waals surface area contributed by atoms with Gasteiger partial charge in [0.15, 0.2) is 10.3 Å². The Balaban J connectivity index is 2.19. The minimum Gasteiger partial charge on any atom is -0.478 e. The van der Waals surface area contributed by atoms with Crippen molar-refractivity contribution in [3.05, 3.63) is 51.8 Å². The smallest absolute Gasteiger partial charge is 0.335 e. The molecule has 1 aromatic carbocycles. The van der Waals surface area contributed by atoms with Gasteiger partial charge in [-0.25, -0.2) is 4.79 Å². The zero-order valence-corrected chi connectivity index (χ0v) is 11.3. The number of aromatic carboxylic acids is 1. The molecule has 2 rings (SSSR count). The Bertz CT molecular complexity index is 674. The number of anilines is 1. The van der Waals surface area contributed by atoms with Crippen molar-refractivity contribution in [2.45, 2.75) is 0 Å². The van der Waals surface area contributed by atoms with Crippen LogP contribution in [0.15, 0.2) is 30.3 Å². The number of benzene rings is 1. The lowest BCUT2D eigenvalue weighted by atomic mass is 10.2. The van der Waals surface area contributed by atoms with E-state index in [4.69, 9.17) is 28.3 Å². The van der Waals surface area contributed by atoms with Crippen LogP contribution in [0, 0.1) is 0 Å². The molecule has 0 aliphatic rings. The summed E-state index contributed by atoms with van der Waals surface area (Å²) in [6, 6.07) is 6.96. The number of carbonyl (C=O) groups excluding carboxylic acids is 1. The molecule has 0 atom stereocenters. The summed E-state index contributed by atoms with van der Waals surface area (Å²) in [4.78, 5) is 22.7. The van der Waals surface area contributed by atoms with Crippen LogP contribution < -0.4 is 5.32 Å². The minimum absolute atomic E-state index is 0.0424. The van der Waals surface area contributed by atoms with Gasteiger partial charge in [-0.2, -0.15) is 0 Å². The maximum absolute atomic E-state index is 12.0. The van der Waals surface area contributed by atoms with Crippen molar-refractivity contribution in [3.8, 4) is 0 Å². The topological polar surface area (TPSA) is 92.2 Å². The number of rotatable bonds is 3. The van der Waals surface area contributed by atoms with Gasteiger partial charge >= 0.3 is 5.97 Å². The van der Waals surface area contributed by atoms with Crippen LogP contribution >= 0.6 is 23.2 Å². The first-order valence-corrected chi connectivity index (χ1v) is 6.06. The third-order valence-electron chi connectivity index (χ3n) is 2.35. The number of hydrogen-bond acceptors (Lipinski definition) is 4. The van der Waals surface area contributed by atoms with Crippen LogP contribution in [0.3, 0.4) is 0 Å². The van der Waals surface area contributed by atoms with Crippen LogP contribution in [0.25, 0.3) is 0 Å². The van der Waals surface area contributed by atoms with E-state index in [0.29, 0.717) is 5.69 Å². The number of nitrogens with zero attached hydrogens (tertiary/aromatic N) is 2. The van der Waals surface area contributed by atoms with Gasteiger partial charge in [0.25, 0.3) is 5.91 Å². The zero-order chi connectivity index (χ0) is 14.7. The standard InChI is InChI=1S/C12H7Cl2N3O3/c13-9-5-8(10(14)17-16-9)11(18)15-7-3-1-6(2-4-7)12(19)20/h1-5H,(H,15,18)(H,19,20). The van der Waals surface area contributed by atoms with E-state index in [1.54, 1.807) is 0 Å². The lowest BCUT2D eigenvalue weighted by molar-refractivity contribution is 0.0696. The van der Waals surface area contributed by atoms with Gasteiger partial charge in [0.2, 0.25) is 0 Å². The van der Waals surface area contributed by atoms with Crippen LogP contribution in [-0.4, -0.2) is 27.2 Å². The summed E-state index contributed by atoms with van der Waals surface area (Å²) in [5.41, 5.74) is 0.618. The first kappa shape index (κ1) is 14.2. The third-order valence-corrected chi connectivity index (χ3v) is 2.82. The highest BCUT2D eigenvalue weighted by Gasteiger charge is 2.13. The average molecular weight is 312 g/mol. The van der Waals surface area contributed by atoms with E-state index in [0.717, 1.165) is 0 Å². The lowest BCUT2D eigenvalue weighted by Crippen LogP contribution is -2.13. The van der Waals surface area contributed by atoms with E-state index in [1.807, 2.05) is 0 Å². The lowest BCUT2D eigenvalue weighted by Gasteiger charge is -2.06. The van der Waals surface area contributed by atoms with Crippen molar-refractivity contribution in [1.29, 1.82) is 0 Å². The van der Waals surface area contributed by atoms with Crippen LogP contribution in [0.4, 0.5) is 5.69 Å². The maximum atomic E-state index is 12.0. The van der Waals surface area contributed by atoms with Crippen LogP contribution in [0.1, 0.15) is 20.7 Å². The van der Waals surface area contributed by atoms with Gasteiger partial charge in [-0.3, -0.25) is 4.79 Å². The van der Waals surface area contributed by atoms with E-state index in [1.165, 1.54) is 30.3 Å². The molecule has 102 valence electrons. The minimum atomic E-state index is -1.05. The number of carboxylic acids is 1. The second kappa shape index (κ2) is 5.85. The highest BCUT2D eigenvalue weighted by atomic mass is 35.5. The summed E-state index contributed by atoms with van der Waals surface area (Å²) in [7, 11) is 0. The third kappa shape index (κ3) is 3.23. The molecule has 1 heterocycles. The molecule has 1 aromatic heterocycles. The first-order valence-electron chi connectivity index (χ1n) is 5.31. The van der Waals surface area contributed by atoms with Gasteiger partial charge in [-0.1, -0.05) is 23.2 Å². The van der Waals surface area contributed by atoms with Gasteiger partial charge in [0, 0.05) is 5.69 Å². The molecular formula is C12H7Cl2N3O3. The molecule has 0 aliphatic carbocycles. The Labute approximate surface area is 123 Å². The molecule has 0 spiro atoms. The molecule has 0 radical (unpaired) electrons. The van der Waals surface area contributed by atoms with Gasteiger partial charge < -0.3 is 10.4 Å². The molecule has 0 saturated carbocycles. The Morgan fingerprint density at radius 2 is 1.75 bits per heavy atom. The summed E-state index contributed by atoms with van der Waals surface area (Å²) in [6.45, 7) is 0. The SMILES string of the molecule is O=C(O)c1ccc(NC(=O)c2cc(Cl)nnc2Cl)cc1. The number of halogens is 2. The molecule has 0 unspecified atom stereocenters. The Hall–Kier alpha value is -2.18. The first-order chi connectivity index (χ1) is 9.47. The largest absolute Gasteiger partial charge is 0.478 e. The van der Waals surface area contributed by atoms with E-state index in [2.05, 4.69) is 15.5 Å². The van der Waals surface area contributed by atoms with Crippen molar-refractivity contribution in [1.82, 2.24) is 10.2 Å². The van der Waals surface area contributed by atoms with Gasteiger partial charge in [0.05, 0.1) is 11.1 Å². The molecule has 2 aromatic rings. The molecule has 0 aliphatic heterocycles. The second-order valence-electron chi connectivity index (χ2n) is 3.71. The van der Waals surface area contributed by atoms with Gasteiger partial charge in [-0.15, -0.1) is 10.2 Å².